The van der Waals surface area contributed by atoms with Gasteiger partial charge in [0.15, 0.2) is 0 Å². The quantitative estimate of drug-likeness (QED) is 0.563. The molecule has 0 bridgehead atoms. The Morgan fingerprint density at radius 1 is 0.769 bits per heavy atom. The molecule has 0 saturated heterocycles. The second kappa shape index (κ2) is 9.24. The highest BCUT2D eigenvalue weighted by Gasteiger charge is 2.28. The minimum Gasteiger partial charge on any atom is -0.460 e. The van der Waals surface area contributed by atoms with Crippen LogP contribution in [0.25, 0.3) is 0 Å². The van der Waals surface area contributed by atoms with Crippen molar-refractivity contribution >= 4 is 18.0 Å². The van der Waals surface area contributed by atoms with Crippen LogP contribution in [-0.4, -0.2) is 40.9 Å². The molecular weight excluding hydrogens is 338 g/mol. The predicted octanol–water partition coefficient (Wildman–Crippen LogP) is 3.73. The Bertz CT molecular complexity index is 494. The summed E-state index contributed by atoms with van der Waals surface area (Å²) in [5.74, 6) is -0.912. The first kappa shape index (κ1) is 24.2. The summed E-state index contributed by atoms with van der Waals surface area (Å²) in [7, 11) is 0. The van der Waals surface area contributed by atoms with Gasteiger partial charge in [0.25, 0.3) is 0 Å². The lowest BCUT2D eigenvalue weighted by Gasteiger charge is -2.26. The summed E-state index contributed by atoms with van der Waals surface area (Å²) in [6, 6.07) is -0.897. The van der Waals surface area contributed by atoms with E-state index in [0.29, 0.717) is 6.42 Å². The van der Waals surface area contributed by atoms with Crippen LogP contribution in [0.15, 0.2) is 0 Å². The van der Waals surface area contributed by atoms with Gasteiger partial charge in [-0.2, -0.15) is 0 Å². The Morgan fingerprint density at radius 2 is 1.23 bits per heavy atom. The summed E-state index contributed by atoms with van der Waals surface area (Å²) in [6.45, 7) is 15.8. The molecule has 0 aliphatic rings. The van der Waals surface area contributed by atoms with Gasteiger partial charge in [-0.15, -0.1) is 0 Å². The lowest BCUT2D eigenvalue weighted by atomic mass is 10.1. The fourth-order valence-corrected chi connectivity index (χ4v) is 1.91. The van der Waals surface area contributed by atoms with E-state index < -0.39 is 34.9 Å². The van der Waals surface area contributed by atoms with Crippen LogP contribution in [0.2, 0.25) is 0 Å². The van der Waals surface area contributed by atoms with Gasteiger partial charge >= 0.3 is 18.0 Å². The van der Waals surface area contributed by atoms with Crippen LogP contribution in [0.3, 0.4) is 0 Å². The van der Waals surface area contributed by atoms with E-state index in [-0.39, 0.29) is 18.8 Å². The highest BCUT2D eigenvalue weighted by molar-refractivity contribution is 5.81. The molecule has 0 saturated carbocycles. The molecule has 0 aromatic rings. The van der Waals surface area contributed by atoms with Crippen molar-refractivity contribution in [2.45, 2.75) is 104 Å². The number of carbonyl (C=O) groups excluding carboxylic acids is 3. The van der Waals surface area contributed by atoms with Crippen molar-refractivity contribution in [3.8, 4) is 0 Å². The number of alkyl carbamates (subject to hydrolysis) is 1. The average Bonchev–Trinajstić information content (AvgIpc) is 2.30. The number of esters is 2. The van der Waals surface area contributed by atoms with Crippen molar-refractivity contribution in [2.24, 2.45) is 0 Å². The summed E-state index contributed by atoms with van der Waals surface area (Å²) in [5, 5.41) is 2.53. The first-order valence-corrected chi connectivity index (χ1v) is 8.93. The molecule has 1 N–H and O–H groups in total. The van der Waals surface area contributed by atoms with E-state index in [1.807, 2.05) is 0 Å². The van der Waals surface area contributed by atoms with Gasteiger partial charge in [0, 0.05) is 6.42 Å². The topological polar surface area (TPSA) is 90.9 Å². The molecule has 0 heterocycles. The maximum Gasteiger partial charge on any atom is 0.408 e. The molecule has 7 heteroatoms. The fraction of sp³-hybridized carbons (Fsp3) is 0.842. The molecule has 0 unspecified atom stereocenters. The van der Waals surface area contributed by atoms with Crippen LogP contribution in [0.4, 0.5) is 4.79 Å². The molecular formula is C19H35NO6. The maximum absolute atomic E-state index is 12.4. The molecule has 0 aliphatic heterocycles. The van der Waals surface area contributed by atoms with E-state index in [1.54, 1.807) is 62.3 Å². The lowest BCUT2D eigenvalue weighted by molar-refractivity contribution is -0.159. The zero-order valence-corrected chi connectivity index (χ0v) is 17.6. The molecule has 7 nitrogen and oxygen atoms in total. The third kappa shape index (κ3) is 13.5. The lowest BCUT2D eigenvalue weighted by Crippen LogP contribution is -2.46. The number of ether oxygens (including phenoxy) is 3. The van der Waals surface area contributed by atoms with E-state index in [4.69, 9.17) is 14.2 Å². The van der Waals surface area contributed by atoms with Gasteiger partial charge in [-0.3, -0.25) is 4.79 Å². The highest BCUT2D eigenvalue weighted by atomic mass is 16.6. The first-order valence-electron chi connectivity index (χ1n) is 8.93. The van der Waals surface area contributed by atoms with E-state index in [1.165, 1.54) is 0 Å². The third-order valence-electron chi connectivity index (χ3n) is 2.68. The van der Waals surface area contributed by atoms with Crippen molar-refractivity contribution in [1.29, 1.82) is 0 Å². The van der Waals surface area contributed by atoms with Crippen LogP contribution in [0.5, 0.6) is 0 Å². The smallest absolute Gasteiger partial charge is 0.408 e. The molecule has 0 aromatic carbocycles. The number of rotatable bonds is 6. The summed E-state index contributed by atoms with van der Waals surface area (Å²) < 4.78 is 15.8. The van der Waals surface area contributed by atoms with Crippen LogP contribution in [0.1, 0.15) is 81.6 Å². The van der Waals surface area contributed by atoms with Crippen LogP contribution in [-0.2, 0) is 23.8 Å². The minimum atomic E-state index is -0.897. The van der Waals surface area contributed by atoms with Gasteiger partial charge in [-0.25, -0.2) is 9.59 Å². The van der Waals surface area contributed by atoms with Gasteiger partial charge in [-0.1, -0.05) is 0 Å². The number of amides is 1. The average molecular weight is 373 g/mol. The van der Waals surface area contributed by atoms with Crippen molar-refractivity contribution in [2.75, 3.05) is 0 Å². The van der Waals surface area contributed by atoms with E-state index >= 15 is 0 Å². The molecule has 1 atom stereocenters. The fourth-order valence-electron chi connectivity index (χ4n) is 1.91. The number of hydrogen-bond donors (Lipinski definition) is 1. The second-order valence-electron chi connectivity index (χ2n) is 9.21. The van der Waals surface area contributed by atoms with Crippen LogP contribution >= 0.6 is 0 Å². The highest BCUT2D eigenvalue weighted by Crippen LogP contribution is 2.15. The molecule has 152 valence electrons. The van der Waals surface area contributed by atoms with Crippen molar-refractivity contribution in [3.63, 3.8) is 0 Å². The molecule has 0 radical (unpaired) electrons. The van der Waals surface area contributed by atoms with Gasteiger partial charge in [-0.05, 0) is 75.2 Å². The van der Waals surface area contributed by atoms with Gasteiger partial charge in [0.1, 0.15) is 22.8 Å². The SMILES string of the molecule is CC(C)(C)OC(=O)CCC[C@H](NC(=O)OC(C)(C)C)C(=O)OC(C)(C)C. The van der Waals surface area contributed by atoms with Crippen molar-refractivity contribution in [1.82, 2.24) is 5.32 Å². The largest absolute Gasteiger partial charge is 0.460 e. The van der Waals surface area contributed by atoms with Gasteiger partial charge < -0.3 is 19.5 Å². The second-order valence-corrected chi connectivity index (χ2v) is 9.21. The molecule has 0 aromatic heterocycles. The van der Waals surface area contributed by atoms with Crippen LogP contribution in [0, 0.1) is 0 Å². The standard InChI is InChI=1S/C19H35NO6/c1-17(2,3)24-14(21)12-10-11-13(15(22)25-18(4,5)6)20-16(23)26-19(7,8)9/h13H,10-12H2,1-9H3,(H,20,23)/t13-/m0/s1. The molecule has 0 aliphatic carbocycles. The Kier molecular flexibility index (Phi) is 8.60. The normalized spacial score (nSPS) is 13.6. The molecule has 0 fully saturated rings. The van der Waals surface area contributed by atoms with Crippen molar-refractivity contribution in [3.05, 3.63) is 0 Å². The number of nitrogens with one attached hydrogen (secondary N) is 1. The monoisotopic (exact) mass is 373 g/mol. The number of hydrogen-bond acceptors (Lipinski definition) is 6. The minimum absolute atomic E-state index is 0.145. The summed E-state index contributed by atoms with van der Waals surface area (Å²) in [5.41, 5.74) is -1.92. The van der Waals surface area contributed by atoms with E-state index in [0.717, 1.165) is 0 Å². The Labute approximate surface area is 157 Å². The zero-order chi connectivity index (χ0) is 20.8. The third-order valence-corrected chi connectivity index (χ3v) is 2.68. The van der Waals surface area contributed by atoms with E-state index in [2.05, 4.69) is 5.32 Å². The Balaban J connectivity index is 4.80. The van der Waals surface area contributed by atoms with Crippen LogP contribution < -0.4 is 5.32 Å². The molecule has 26 heavy (non-hydrogen) atoms. The van der Waals surface area contributed by atoms with Crippen molar-refractivity contribution < 1.29 is 28.6 Å². The number of carbonyl (C=O) groups is 3. The first-order chi connectivity index (χ1) is 11.5. The zero-order valence-electron chi connectivity index (χ0n) is 17.6. The maximum atomic E-state index is 12.4. The Hall–Kier alpha value is -1.79. The van der Waals surface area contributed by atoms with Gasteiger partial charge in [0.05, 0.1) is 0 Å². The van der Waals surface area contributed by atoms with E-state index in [9.17, 15) is 14.4 Å². The predicted molar refractivity (Wildman–Crippen MR) is 98.7 cm³/mol. The summed E-state index contributed by atoms with van der Waals surface area (Å²) >= 11 is 0. The molecule has 1 amide bonds. The summed E-state index contributed by atoms with van der Waals surface area (Å²) in [6.07, 6.45) is 0.0554. The Morgan fingerprint density at radius 3 is 1.65 bits per heavy atom. The molecule has 0 spiro atoms. The van der Waals surface area contributed by atoms with Gasteiger partial charge in [0.2, 0.25) is 0 Å². The molecule has 0 rings (SSSR count). The summed E-state index contributed by atoms with van der Waals surface area (Å²) in [4.78, 5) is 36.1.